The fourth-order valence-corrected chi connectivity index (χ4v) is 3.41. The van der Waals surface area contributed by atoms with Crippen molar-refractivity contribution in [1.29, 1.82) is 0 Å². The van der Waals surface area contributed by atoms with Gasteiger partial charge in [-0.1, -0.05) is 42.5 Å². The van der Waals surface area contributed by atoms with E-state index in [0.29, 0.717) is 26.1 Å². The molecule has 0 unspecified atom stereocenters. The highest BCUT2D eigenvalue weighted by Gasteiger charge is 2.23. The van der Waals surface area contributed by atoms with Crippen molar-refractivity contribution in [3.63, 3.8) is 0 Å². The summed E-state index contributed by atoms with van der Waals surface area (Å²) in [5, 5.41) is 7.47. The minimum Gasteiger partial charge on any atom is -0.320 e. The van der Waals surface area contributed by atoms with Crippen molar-refractivity contribution in [2.24, 2.45) is 0 Å². The van der Waals surface area contributed by atoms with Crippen molar-refractivity contribution in [3.05, 3.63) is 93.4 Å². The third-order valence-electron chi connectivity index (χ3n) is 4.88. The Balaban J connectivity index is 1.49. The van der Waals surface area contributed by atoms with Crippen molar-refractivity contribution in [2.45, 2.75) is 26.4 Å². The molecule has 1 N–H and O–H groups in total. The topological polar surface area (TPSA) is 67.2 Å². The normalized spacial score (nSPS) is 13.1. The number of rotatable bonds is 3. The standard InChI is InChI=1S/C22H22N4O2/c1-16-6-5-9-19(12-16)23-22(28)25-11-10-20-18(15-25)13-21(27)26(24-20)14-17-7-3-2-4-8-17/h2-9,12-13H,10-11,14-15H2,1H3,(H,23,28). The maximum absolute atomic E-state index is 12.6. The van der Waals surface area contributed by atoms with Gasteiger partial charge in [0.15, 0.2) is 0 Å². The van der Waals surface area contributed by atoms with Gasteiger partial charge in [-0.2, -0.15) is 5.10 Å². The summed E-state index contributed by atoms with van der Waals surface area (Å²) >= 11 is 0. The molecule has 6 nitrogen and oxygen atoms in total. The molecule has 0 spiro atoms. The van der Waals surface area contributed by atoms with Gasteiger partial charge in [0.2, 0.25) is 0 Å². The van der Waals surface area contributed by atoms with Crippen LogP contribution in [-0.4, -0.2) is 27.3 Å². The summed E-state index contributed by atoms with van der Waals surface area (Å²) < 4.78 is 1.50. The van der Waals surface area contributed by atoms with Gasteiger partial charge in [0.25, 0.3) is 5.56 Å². The van der Waals surface area contributed by atoms with Gasteiger partial charge in [0.05, 0.1) is 12.2 Å². The number of nitrogens with zero attached hydrogens (tertiary/aromatic N) is 3. The number of hydrogen-bond acceptors (Lipinski definition) is 3. The summed E-state index contributed by atoms with van der Waals surface area (Å²) in [5.41, 5.74) is 4.45. The Morgan fingerprint density at radius 1 is 1.11 bits per heavy atom. The third-order valence-corrected chi connectivity index (χ3v) is 4.88. The minimum absolute atomic E-state index is 0.149. The Hall–Kier alpha value is -3.41. The summed E-state index contributed by atoms with van der Waals surface area (Å²) in [6.45, 7) is 3.39. The molecular weight excluding hydrogens is 352 g/mol. The van der Waals surface area contributed by atoms with E-state index in [2.05, 4.69) is 10.4 Å². The smallest absolute Gasteiger partial charge is 0.320 e. The largest absolute Gasteiger partial charge is 0.322 e. The zero-order valence-electron chi connectivity index (χ0n) is 15.8. The molecule has 0 fully saturated rings. The number of hydrogen-bond donors (Lipinski definition) is 1. The van der Waals surface area contributed by atoms with Crippen LogP contribution < -0.4 is 10.9 Å². The molecule has 3 aromatic rings. The van der Waals surface area contributed by atoms with Gasteiger partial charge in [-0.3, -0.25) is 4.79 Å². The molecule has 6 heteroatoms. The van der Waals surface area contributed by atoms with E-state index >= 15 is 0 Å². The lowest BCUT2D eigenvalue weighted by Gasteiger charge is -2.28. The Labute approximate surface area is 163 Å². The number of amides is 2. The lowest BCUT2D eigenvalue weighted by molar-refractivity contribution is 0.205. The number of carbonyl (C=O) groups excluding carboxylic acids is 1. The van der Waals surface area contributed by atoms with E-state index in [0.717, 1.165) is 28.1 Å². The van der Waals surface area contributed by atoms with Gasteiger partial charge < -0.3 is 10.2 Å². The molecule has 2 aromatic carbocycles. The highest BCUT2D eigenvalue weighted by molar-refractivity contribution is 5.89. The predicted molar refractivity (Wildman–Crippen MR) is 108 cm³/mol. The molecule has 0 aliphatic carbocycles. The van der Waals surface area contributed by atoms with Crippen molar-refractivity contribution in [2.75, 3.05) is 11.9 Å². The van der Waals surface area contributed by atoms with E-state index in [1.54, 1.807) is 11.0 Å². The van der Waals surface area contributed by atoms with Crippen LogP contribution in [0.4, 0.5) is 10.5 Å². The van der Waals surface area contributed by atoms with Gasteiger partial charge in [-0.25, -0.2) is 9.48 Å². The minimum atomic E-state index is -0.162. The number of urea groups is 1. The van der Waals surface area contributed by atoms with Crippen LogP contribution in [-0.2, 0) is 19.5 Å². The lowest BCUT2D eigenvalue weighted by atomic mass is 10.1. The zero-order valence-corrected chi connectivity index (χ0v) is 15.8. The molecule has 1 aliphatic rings. The SMILES string of the molecule is Cc1cccc(NC(=O)N2CCc3nn(Cc4ccccc4)c(=O)cc3C2)c1. The summed E-state index contributed by atoms with van der Waals surface area (Å²) in [6, 6.07) is 18.9. The van der Waals surface area contributed by atoms with E-state index < -0.39 is 0 Å². The number of aryl methyl sites for hydroxylation is 1. The Morgan fingerprint density at radius 3 is 2.71 bits per heavy atom. The van der Waals surface area contributed by atoms with Gasteiger partial charge in [0.1, 0.15) is 0 Å². The second kappa shape index (κ2) is 7.68. The van der Waals surface area contributed by atoms with Gasteiger partial charge in [-0.15, -0.1) is 0 Å². The first-order chi connectivity index (χ1) is 13.6. The monoisotopic (exact) mass is 374 g/mol. The van der Waals surface area contributed by atoms with E-state index in [9.17, 15) is 9.59 Å². The summed E-state index contributed by atoms with van der Waals surface area (Å²) in [4.78, 5) is 26.8. The zero-order chi connectivity index (χ0) is 19.5. The maximum atomic E-state index is 12.6. The van der Waals surface area contributed by atoms with Gasteiger partial charge in [-0.05, 0) is 30.2 Å². The molecule has 2 amide bonds. The van der Waals surface area contributed by atoms with Crippen LogP contribution in [0, 0.1) is 6.92 Å². The summed E-state index contributed by atoms with van der Waals surface area (Å²) in [7, 11) is 0. The highest BCUT2D eigenvalue weighted by atomic mass is 16.2. The Kier molecular flexibility index (Phi) is 4.93. The number of carbonyl (C=O) groups is 1. The Morgan fingerprint density at radius 2 is 1.93 bits per heavy atom. The van der Waals surface area contributed by atoms with Crippen LogP contribution in [0.3, 0.4) is 0 Å². The average molecular weight is 374 g/mol. The average Bonchev–Trinajstić information content (AvgIpc) is 2.69. The number of aromatic nitrogens is 2. The first-order valence-corrected chi connectivity index (χ1v) is 9.35. The molecule has 0 saturated carbocycles. The first-order valence-electron chi connectivity index (χ1n) is 9.35. The predicted octanol–water partition coefficient (Wildman–Crippen LogP) is 3.19. The van der Waals surface area contributed by atoms with Crippen molar-refractivity contribution in [3.8, 4) is 0 Å². The number of benzene rings is 2. The van der Waals surface area contributed by atoms with Crippen LogP contribution in [0.2, 0.25) is 0 Å². The second-order valence-electron chi connectivity index (χ2n) is 7.07. The lowest BCUT2D eigenvalue weighted by Crippen LogP contribution is -2.40. The first kappa shape index (κ1) is 18.0. The molecule has 4 rings (SSSR count). The van der Waals surface area contributed by atoms with Crippen LogP contribution >= 0.6 is 0 Å². The van der Waals surface area contributed by atoms with Crippen LogP contribution in [0.5, 0.6) is 0 Å². The molecule has 0 saturated heterocycles. The van der Waals surface area contributed by atoms with E-state index in [1.807, 2.05) is 61.5 Å². The quantitative estimate of drug-likeness (QED) is 0.766. The molecule has 28 heavy (non-hydrogen) atoms. The molecule has 0 bridgehead atoms. The number of fused-ring (bicyclic) bond motifs is 1. The Bertz CT molecular complexity index is 1060. The molecule has 2 heterocycles. The van der Waals surface area contributed by atoms with Crippen molar-refractivity contribution in [1.82, 2.24) is 14.7 Å². The van der Waals surface area contributed by atoms with Crippen LogP contribution in [0.1, 0.15) is 22.4 Å². The fraction of sp³-hybridized carbons (Fsp3) is 0.227. The molecule has 142 valence electrons. The number of nitrogens with one attached hydrogen (secondary N) is 1. The van der Waals surface area contributed by atoms with Crippen LogP contribution in [0.25, 0.3) is 0 Å². The van der Waals surface area contributed by atoms with E-state index in [1.165, 1.54) is 4.68 Å². The molecule has 0 atom stereocenters. The summed E-state index contributed by atoms with van der Waals surface area (Å²) in [5.74, 6) is 0. The van der Waals surface area contributed by atoms with Crippen molar-refractivity contribution < 1.29 is 4.79 Å². The van der Waals surface area contributed by atoms with Gasteiger partial charge >= 0.3 is 6.03 Å². The molecular formula is C22H22N4O2. The number of anilines is 1. The van der Waals surface area contributed by atoms with Gasteiger partial charge in [0, 0.05) is 36.8 Å². The maximum Gasteiger partial charge on any atom is 0.322 e. The second-order valence-corrected chi connectivity index (χ2v) is 7.07. The van der Waals surface area contributed by atoms with E-state index in [4.69, 9.17) is 0 Å². The molecule has 1 aromatic heterocycles. The van der Waals surface area contributed by atoms with E-state index in [-0.39, 0.29) is 11.6 Å². The summed E-state index contributed by atoms with van der Waals surface area (Å²) in [6.07, 6.45) is 0.631. The molecule has 1 aliphatic heterocycles. The third kappa shape index (κ3) is 3.96. The van der Waals surface area contributed by atoms with Crippen molar-refractivity contribution >= 4 is 11.7 Å². The molecule has 0 radical (unpaired) electrons. The highest BCUT2D eigenvalue weighted by Crippen LogP contribution is 2.17. The fourth-order valence-electron chi connectivity index (χ4n) is 3.41. The van der Waals surface area contributed by atoms with Crippen LogP contribution in [0.15, 0.2) is 65.5 Å².